The Kier molecular flexibility index (Phi) is 24.7. The molecule has 31 heteroatoms. The second kappa shape index (κ2) is 33.5. The molecule has 0 radical (unpaired) electrons. The summed E-state index contributed by atoms with van der Waals surface area (Å²) in [5, 5.41) is 4.54. The molecular weight excluding hydrogens is 1630 g/mol. The molecule has 6 aromatic rings. The average molecular weight is 1730 g/mol. The van der Waals surface area contributed by atoms with Crippen molar-refractivity contribution >= 4 is 157 Å². The molecule has 8 unspecified atom stereocenters. The normalized spacial score (nSPS) is 25.2. The van der Waals surface area contributed by atoms with Crippen LogP contribution in [0.3, 0.4) is 0 Å². The highest BCUT2D eigenvalue weighted by Crippen LogP contribution is 2.67. The van der Waals surface area contributed by atoms with Gasteiger partial charge >= 0.3 is 5.97 Å². The van der Waals surface area contributed by atoms with Crippen LogP contribution in [0.15, 0.2) is 106 Å². The number of benzene rings is 6. The van der Waals surface area contributed by atoms with E-state index in [0.29, 0.717) is 123 Å². The molecule has 4 heterocycles. The maximum Gasteiger partial charge on any atom is 0.305 e. The smallest absolute Gasteiger partial charge is 0.305 e. The zero-order valence-corrected chi connectivity index (χ0v) is 72.8. The quantitative estimate of drug-likeness (QED) is 0.0169. The summed E-state index contributed by atoms with van der Waals surface area (Å²) in [5.41, 5.74) is -3.61. The van der Waals surface area contributed by atoms with Gasteiger partial charge in [0.05, 0.1) is 86.2 Å². The Balaban J connectivity index is 0.000000145. The van der Waals surface area contributed by atoms with Crippen LogP contribution in [0.1, 0.15) is 234 Å². The lowest BCUT2D eigenvalue weighted by Crippen LogP contribution is -2.46. The number of Topliss-reactive ketones (excluding diaryl/α,β-unsaturated/α-hetero) is 3. The average Bonchev–Trinajstić information content (AvgIpc) is 1.55. The van der Waals surface area contributed by atoms with E-state index in [2.05, 4.69) is 13.8 Å². The van der Waals surface area contributed by atoms with Crippen LogP contribution in [0.4, 0.5) is 0 Å². The van der Waals surface area contributed by atoms with Gasteiger partial charge in [-0.15, -0.1) is 63.3 Å². The number of esters is 1. The summed E-state index contributed by atoms with van der Waals surface area (Å²) in [6, 6.07) is 25.9. The maximum absolute atomic E-state index is 13.6. The fourth-order valence-electron chi connectivity index (χ4n) is 20.1. The van der Waals surface area contributed by atoms with Gasteiger partial charge < -0.3 is 14.2 Å². The molecule has 6 aliphatic carbocycles. The van der Waals surface area contributed by atoms with Crippen LogP contribution in [0.5, 0.6) is 0 Å². The number of carbonyl (C=O) groups excluding carboxylic acids is 10. The second-order valence-corrected chi connectivity index (χ2v) is 43.0. The first-order valence-electron chi connectivity index (χ1n) is 40.8. The van der Waals surface area contributed by atoms with Gasteiger partial charge in [0, 0.05) is 80.4 Å². The third-order valence-corrected chi connectivity index (χ3v) is 34.2. The van der Waals surface area contributed by atoms with E-state index in [1.807, 2.05) is 78.8 Å². The van der Waals surface area contributed by atoms with Crippen LogP contribution in [-0.2, 0) is 76.6 Å². The van der Waals surface area contributed by atoms with Crippen molar-refractivity contribution < 1.29 is 100 Å². The number of hydrogen-bond acceptors (Lipinski definition) is 25. The number of carbonyl (C=O) groups is 10. The van der Waals surface area contributed by atoms with Gasteiger partial charge in [-0.3, -0.25) is 47.9 Å². The van der Waals surface area contributed by atoms with Gasteiger partial charge in [-0.2, -0.15) is 25.3 Å². The summed E-state index contributed by atoms with van der Waals surface area (Å²) in [5.74, 6) is -4.39. The van der Waals surface area contributed by atoms with Crippen LogP contribution in [0.2, 0.25) is 0 Å². The summed E-state index contributed by atoms with van der Waals surface area (Å²) in [6.07, 6.45) is 12.4. The zero-order valence-electron chi connectivity index (χ0n) is 67.9. The Morgan fingerprint density at radius 1 is 0.483 bits per heavy atom. The third kappa shape index (κ3) is 16.1. The molecule has 1 saturated heterocycles. The summed E-state index contributed by atoms with van der Waals surface area (Å²) in [7, 11) is -13.4. The minimum Gasteiger partial charge on any atom is -0.465 e. The van der Waals surface area contributed by atoms with Crippen LogP contribution in [0, 0.1) is 56.2 Å². The van der Waals surface area contributed by atoms with Crippen molar-refractivity contribution in [3.63, 3.8) is 0 Å². The summed E-state index contributed by atoms with van der Waals surface area (Å²) in [6.45, 7) is 19.9. The Hall–Kier alpha value is -7.30. The molecule has 4 aliphatic heterocycles. The minimum absolute atomic E-state index is 0.0767. The number of nitrogens with zero attached hydrogens (tertiary/aromatic N) is 3. The van der Waals surface area contributed by atoms with Crippen molar-refractivity contribution in [2.75, 3.05) is 60.9 Å². The van der Waals surface area contributed by atoms with Gasteiger partial charge in [0.15, 0.2) is 0 Å². The third-order valence-electron chi connectivity index (χ3n) is 27.4. The number of hydroxylamine groups is 6. The largest absolute Gasteiger partial charge is 0.465 e. The van der Waals surface area contributed by atoms with Gasteiger partial charge in [0.2, 0.25) is 0 Å². The molecule has 7 fully saturated rings. The Bertz CT molecular complexity index is 5510. The standard InChI is InChI=1S/2C29H33NO8S2.C29H35NO6S2/c1-28(2)19-8-9-29(28,24(31)14-19)17-40(34,35)38-30-26(32)22-7-3-5-18-13-21(15-23(25(18)22)27(30)33)39-12-11-36-16-20-6-4-10-37-20;1-4-5-9-24(32)37-12-13-39-20-14-18-7-6-8-21-25(18)22(16-20)27(34)30(26(21)33)38-40(35,36)17-29-11-10-19(15-23(29)31)28(29,2)3;1-5-6-8-18(2)16-37-21-13-19-9-7-10-22-25(19)23(15-21)27(33)30(26(22)32)36-38(34,35)17-29-12-11-20(14-24(29)31)28(29,3)4/h3,5,7,13,15,19-20H,4,6,8-12,14,16-17H2,1-2H3;6-8,14,16,19H,4-5,9-13,15,17H2,1-3H3;7,9-10,13,15,18,20H,5-6,8,11-12,14,16-17H2,1-4H3. The molecule has 632 valence electrons. The Morgan fingerprint density at radius 3 is 1.19 bits per heavy atom. The molecule has 10 aliphatic rings. The van der Waals surface area contributed by atoms with E-state index in [1.165, 1.54) is 36.0 Å². The van der Waals surface area contributed by atoms with E-state index in [0.717, 1.165) is 85.3 Å². The monoisotopic (exact) mass is 1730 g/mol. The van der Waals surface area contributed by atoms with Crippen molar-refractivity contribution in [2.24, 2.45) is 56.2 Å². The number of thioether (sulfide) groups is 3. The van der Waals surface area contributed by atoms with Crippen LogP contribution in [0.25, 0.3) is 32.3 Å². The van der Waals surface area contributed by atoms with E-state index in [4.69, 9.17) is 27.1 Å². The fraction of sp³-hybridized carbons (Fsp3) is 0.540. The second-order valence-electron chi connectivity index (χ2n) is 35.0. The van der Waals surface area contributed by atoms with Crippen LogP contribution in [-0.4, -0.2) is 166 Å². The molecule has 16 rings (SSSR count). The number of rotatable bonds is 31. The Labute approximate surface area is 701 Å². The predicted molar refractivity (Wildman–Crippen MR) is 445 cm³/mol. The van der Waals surface area contributed by atoms with Crippen LogP contribution >= 0.6 is 35.3 Å². The molecule has 6 aromatic carbocycles. The summed E-state index contributed by atoms with van der Waals surface area (Å²) in [4.78, 5) is 133. The molecule has 6 amide bonds. The number of amides is 6. The maximum atomic E-state index is 13.6. The van der Waals surface area contributed by atoms with Crippen molar-refractivity contribution in [1.29, 1.82) is 0 Å². The highest BCUT2D eigenvalue weighted by atomic mass is 32.2. The van der Waals surface area contributed by atoms with E-state index in [9.17, 15) is 73.2 Å². The number of hydrogen-bond donors (Lipinski definition) is 0. The summed E-state index contributed by atoms with van der Waals surface area (Å²) >= 11 is 4.53. The van der Waals surface area contributed by atoms with Crippen molar-refractivity contribution in [3.05, 3.63) is 124 Å². The molecular formula is C87H101N3O22S6. The molecule has 6 saturated carbocycles. The van der Waals surface area contributed by atoms with Gasteiger partial charge in [-0.25, -0.2) is 0 Å². The van der Waals surface area contributed by atoms with Gasteiger partial charge in [-0.05, 0) is 175 Å². The fourth-order valence-corrected chi connectivity index (χ4v) is 27.9. The lowest BCUT2D eigenvalue weighted by molar-refractivity contribution is -0.143. The van der Waals surface area contributed by atoms with Crippen LogP contribution < -0.4 is 0 Å². The number of ketones is 3. The highest BCUT2D eigenvalue weighted by molar-refractivity contribution is 7.99. The lowest BCUT2D eigenvalue weighted by atomic mass is 9.70. The minimum atomic E-state index is -4.48. The first kappa shape index (κ1) is 87.1. The van der Waals surface area contributed by atoms with Gasteiger partial charge in [0.1, 0.15) is 24.0 Å². The molecule has 8 atom stereocenters. The number of unbranched alkanes of at least 4 members (excludes halogenated alkanes) is 2. The Morgan fingerprint density at radius 2 is 0.847 bits per heavy atom. The van der Waals surface area contributed by atoms with Crippen molar-refractivity contribution in [3.8, 4) is 0 Å². The molecule has 0 N–H and O–H groups in total. The first-order valence-corrected chi connectivity index (χ1v) is 48.5. The van der Waals surface area contributed by atoms with Gasteiger partial charge in [0.25, 0.3) is 65.8 Å². The number of imide groups is 3. The number of fused-ring (bicyclic) bond motifs is 6. The van der Waals surface area contributed by atoms with E-state index in [1.54, 1.807) is 66.4 Å². The molecule has 0 aromatic heterocycles. The van der Waals surface area contributed by atoms with E-state index >= 15 is 0 Å². The molecule has 25 nitrogen and oxygen atoms in total. The van der Waals surface area contributed by atoms with Crippen molar-refractivity contribution in [2.45, 2.75) is 192 Å². The predicted octanol–water partition coefficient (Wildman–Crippen LogP) is 15.3. The van der Waals surface area contributed by atoms with Crippen molar-refractivity contribution in [1.82, 2.24) is 15.2 Å². The topological polar surface area (TPSA) is 338 Å². The SMILES string of the molecule is CC1(C)C2CCC1(CS(=O)(=O)ON1C(=O)c3cccc4cc(SCCOCC5CCCO5)cc(c34)C1=O)C(=O)C2.CCCCC(=O)OCCSc1cc2c3c(cccc3c1)C(=O)N(OS(=O)(=O)CC13CCC(CC1=O)C3(C)C)C2=O.CCCCC(C)CSc1cc2c3c(cccc3c1)C(=O)N(OS(=O)(=O)CC13CCC(CC1=O)C3(C)C)C2=O. The molecule has 118 heavy (non-hydrogen) atoms. The van der Waals surface area contributed by atoms with E-state index < -0.39 is 116 Å². The summed E-state index contributed by atoms with van der Waals surface area (Å²) < 4.78 is 112. The lowest BCUT2D eigenvalue weighted by Gasteiger charge is -2.36. The van der Waals surface area contributed by atoms with Gasteiger partial charge in [-0.1, -0.05) is 118 Å². The number of ether oxygens (including phenoxy) is 3. The first-order chi connectivity index (χ1) is 55.8. The molecule has 6 bridgehead atoms. The van der Waals surface area contributed by atoms with E-state index in [-0.39, 0.29) is 87.2 Å². The molecule has 0 spiro atoms. The highest BCUT2D eigenvalue weighted by Gasteiger charge is 2.68. The zero-order chi connectivity index (χ0) is 84.6.